The second kappa shape index (κ2) is 9.00. The molecule has 0 spiro atoms. The average molecular weight is 505 g/mol. The summed E-state index contributed by atoms with van der Waals surface area (Å²) in [6.07, 6.45) is 6.08. The second-order valence-electron chi connectivity index (χ2n) is 7.79. The van der Waals surface area contributed by atoms with Crippen molar-refractivity contribution in [2.75, 3.05) is 0 Å². The van der Waals surface area contributed by atoms with Crippen LogP contribution in [-0.2, 0) is 11.3 Å². The minimum atomic E-state index is -0.564. The number of carbonyl (C=O) groups is 1. The second-order valence-corrected chi connectivity index (χ2v) is 9.58. The third-order valence-corrected chi connectivity index (χ3v) is 7.09. The van der Waals surface area contributed by atoms with E-state index in [0.29, 0.717) is 26.1 Å². The van der Waals surface area contributed by atoms with Gasteiger partial charge in [0.05, 0.1) is 33.2 Å². The highest BCUT2D eigenvalue weighted by Crippen LogP contribution is 2.44. The fourth-order valence-electron chi connectivity index (χ4n) is 3.53. The molecule has 0 unspecified atom stereocenters. The lowest BCUT2D eigenvalue weighted by molar-refractivity contribution is -0.136. The molecule has 0 saturated heterocycles. The highest BCUT2D eigenvalue weighted by molar-refractivity contribution is 7.99. The molecule has 170 valence electrons. The first-order valence-electron chi connectivity index (χ1n) is 10.5. The zero-order valence-electron chi connectivity index (χ0n) is 17.6. The van der Waals surface area contributed by atoms with Crippen LogP contribution in [-0.4, -0.2) is 25.3 Å². The molecule has 0 radical (unpaired) electrons. The number of ether oxygens (including phenoxy) is 1. The molecule has 1 aliphatic rings. The average Bonchev–Trinajstić information content (AvgIpc) is 3.50. The molecule has 1 saturated carbocycles. The molecule has 0 atom stereocenters. The fraction of sp³-hybridized carbons (Fsp3) is 0.261. The van der Waals surface area contributed by atoms with Crippen molar-refractivity contribution < 1.29 is 13.9 Å². The van der Waals surface area contributed by atoms with Crippen LogP contribution in [0.2, 0.25) is 10.2 Å². The molecule has 1 aromatic carbocycles. The number of aromatic nitrogens is 4. The zero-order valence-corrected chi connectivity index (χ0v) is 19.9. The van der Waals surface area contributed by atoms with E-state index in [2.05, 4.69) is 17.0 Å². The number of halogens is 3. The summed E-state index contributed by atoms with van der Waals surface area (Å²) in [5.41, 5.74) is 0.897. The first-order valence-corrected chi connectivity index (χ1v) is 12.1. The number of benzene rings is 1. The van der Waals surface area contributed by atoms with E-state index in [-0.39, 0.29) is 28.3 Å². The monoisotopic (exact) mass is 504 g/mol. The van der Waals surface area contributed by atoms with Gasteiger partial charge in [0.1, 0.15) is 10.2 Å². The number of hydrogen-bond donors (Lipinski definition) is 0. The Labute approximate surface area is 203 Å². The summed E-state index contributed by atoms with van der Waals surface area (Å²) < 4.78 is 24.0. The number of aryl methyl sites for hydroxylation is 1. The number of nitrogens with zero attached hydrogens (tertiary/aromatic N) is 4. The molecule has 33 heavy (non-hydrogen) atoms. The maximum Gasteiger partial charge on any atom is 0.315 e. The highest BCUT2D eigenvalue weighted by atomic mass is 35.5. The van der Waals surface area contributed by atoms with Gasteiger partial charge in [0, 0.05) is 24.2 Å². The minimum absolute atomic E-state index is 0.00234. The van der Waals surface area contributed by atoms with E-state index in [0.717, 1.165) is 25.8 Å². The van der Waals surface area contributed by atoms with Gasteiger partial charge in [-0.25, -0.2) is 9.37 Å². The van der Waals surface area contributed by atoms with Crippen LogP contribution < -0.4 is 4.74 Å². The van der Waals surface area contributed by atoms with Gasteiger partial charge in [-0.1, -0.05) is 48.0 Å². The standard InChI is InChI=1S/C23H19Cl2FN4O2S/c1-2-10-29-12-14(11-27-29)30-20-15(8-9-16(24)19(20)26)21(22(30)25)33-18-5-3-4-17(28-18)32-23(31)13-6-7-13/h3-5,8-9,11-13H,2,6-7,10H2,1H3. The van der Waals surface area contributed by atoms with Crippen LogP contribution in [0.15, 0.2) is 52.6 Å². The van der Waals surface area contributed by atoms with Crippen LogP contribution >= 0.6 is 35.0 Å². The maximum absolute atomic E-state index is 15.2. The van der Waals surface area contributed by atoms with E-state index >= 15 is 4.39 Å². The number of esters is 1. The molecule has 4 aromatic rings. The Hall–Kier alpha value is -2.55. The summed E-state index contributed by atoms with van der Waals surface area (Å²) in [4.78, 5) is 17.0. The molecule has 3 aromatic heterocycles. The fourth-order valence-corrected chi connectivity index (χ4v) is 5.02. The summed E-state index contributed by atoms with van der Waals surface area (Å²) in [7, 11) is 0. The van der Waals surface area contributed by atoms with Crippen molar-refractivity contribution in [1.29, 1.82) is 0 Å². The topological polar surface area (TPSA) is 61.9 Å². The lowest BCUT2D eigenvalue weighted by Crippen LogP contribution is -2.10. The molecule has 0 N–H and O–H groups in total. The quantitative estimate of drug-likeness (QED) is 0.267. The maximum atomic E-state index is 15.2. The first-order chi connectivity index (χ1) is 16.0. The van der Waals surface area contributed by atoms with Gasteiger partial charge in [0.15, 0.2) is 5.82 Å². The number of carbonyl (C=O) groups excluding carboxylic acids is 1. The van der Waals surface area contributed by atoms with Crippen molar-refractivity contribution in [2.45, 2.75) is 42.7 Å². The Morgan fingerprint density at radius 2 is 2.09 bits per heavy atom. The van der Waals surface area contributed by atoms with Gasteiger partial charge in [-0.05, 0) is 37.5 Å². The summed E-state index contributed by atoms with van der Waals surface area (Å²) in [6.45, 7) is 2.79. The Kier molecular flexibility index (Phi) is 6.07. The molecule has 0 bridgehead atoms. The third-order valence-electron chi connectivity index (χ3n) is 5.27. The van der Waals surface area contributed by atoms with Gasteiger partial charge in [-0.15, -0.1) is 0 Å². The van der Waals surface area contributed by atoms with Gasteiger partial charge in [-0.2, -0.15) is 5.10 Å². The van der Waals surface area contributed by atoms with Crippen molar-refractivity contribution in [1.82, 2.24) is 19.3 Å². The predicted octanol–water partition coefficient (Wildman–Crippen LogP) is 6.54. The van der Waals surface area contributed by atoms with Gasteiger partial charge in [0.2, 0.25) is 5.88 Å². The smallest absolute Gasteiger partial charge is 0.315 e. The lowest BCUT2D eigenvalue weighted by Gasteiger charge is -2.06. The van der Waals surface area contributed by atoms with Crippen LogP contribution in [0.4, 0.5) is 4.39 Å². The highest BCUT2D eigenvalue weighted by Gasteiger charge is 2.32. The Morgan fingerprint density at radius 1 is 1.27 bits per heavy atom. The van der Waals surface area contributed by atoms with E-state index in [1.54, 1.807) is 39.7 Å². The van der Waals surface area contributed by atoms with Gasteiger partial charge in [0.25, 0.3) is 0 Å². The molecule has 6 nitrogen and oxygen atoms in total. The van der Waals surface area contributed by atoms with Gasteiger partial charge >= 0.3 is 5.97 Å². The third kappa shape index (κ3) is 4.35. The molecule has 0 aliphatic heterocycles. The molecule has 1 aliphatic carbocycles. The minimum Gasteiger partial charge on any atom is -0.407 e. The summed E-state index contributed by atoms with van der Waals surface area (Å²) >= 11 is 14.2. The van der Waals surface area contributed by atoms with E-state index in [1.165, 1.54) is 17.8 Å². The van der Waals surface area contributed by atoms with Crippen LogP contribution in [0.3, 0.4) is 0 Å². The molecule has 1 fully saturated rings. The predicted molar refractivity (Wildman–Crippen MR) is 126 cm³/mol. The molecular weight excluding hydrogens is 486 g/mol. The van der Waals surface area contributed by atoms with Crippen LogP contribution in [0.5, 0.6) is 5.88 Å². The summed E-state index contributed by atoms with van der Waals surface area (Å²) in [5.74, 6) is -0.630. The van der Waals surface area contributed by atoms with Crippen molar-refractivity contribution in [3.63, 3.8) is 0 Å². The Balaban J connectivity index is 1.57. The number of hydrogen-bond acceptors (Lipinski definition) is 5. The molecule has 10 heteroatoms. The van der Waals surface area contributed by atoms with Gasteiger partial charge < -0.3 is 4.74 Å². The van der Waals surface area contributed by atoms with Gasteiger partial charge in [-0.3, -0.25) is 14.0 Å². The van der Waals surface area contributed by atoms with Crippen molar-refractivity contribution >= 4 is 51.8 Å². The number of fused-ring (bicyclic) bond motifs is 1. The largest absolute Gasteiger partial charge is 0.407 e. The van der Waals surface area contributed by atoms with E-state index < -0.39 is 5.82 Å². The number of rotatable bonds is 7. The SMILES string of the molecule is CCCn1cc(-n2c(Cl)c(Sc3cccc(OC(=O)C4CC4)n3)c3ccc(Cl)c(F)c32)cn1. The first kappa shape index (κ1) is 22.3. The van der Waals surface area contributed by atoms with Crippen molar-refractivity contribution in [3.05, 3.63) is 58.7 Å². The molecular formula is C23H19Cl2FN4O2S. The molecule has 5 rings (SSSR count). The van der Waals surface area contributed by atoms with E-state index in [1.807, 2.05) is 6.20 Å². The summed E-state index contributed by atoms with van der Waals surface area (Å²) in [6, 6.07) is 8.41. The summed E-state index contributed by atoms with van der Waals surface area (Å²) in [5, 5.41) is 5.82. The Bertz CT molecular complexity index is 1370. The van der Waals surface area contributed by atoms with E-state index in [9.17, 15) is 4.79 Å². The van der Waals surface area contributed by atoms with Crippen LogP contribution in [0.25, 0.3) is 16.6 Å². The lowest BCUT2D eigenvalue weighted by atomic mass is 10.2. The normalized spacial score (nSPS) is 13.6. The zero-order chi connectivity index (χ0) is 23.1. The van der Waals surface area contributed by atoms with Crippen molar-refractivity contribution in [2.24, 2.45) is 5.92 Å². The molecule has 0 amide bonds. The molecule has 3 heterocycles. The van der Waals surface area contributed by atoms with Crippen LogP contribution in [0.1, 0.15) is 26.2 Å². The number of pyridine rings is 1. The van der Waals surface area contributed by atoms with E-state index in [4.69, 9.17) is 27.9 Å². The van der Waals surface area contributed by atoms with Crippen molar-refractivity contribution in [3.8, 4) is 11.6 Å². The van der Waals surface area contributed by atoms with Crippen LogP contribution in [0, 0.1) is 11.7 Å². The Morgan fingerprint density at radius 3 is 2.85 bits per heavy atom.